The number of rotatable bonds is 2. The Kier molecular flexibility index (Phi) is 3.68. The van der Waals surface area contributed by atoms with E-state index in [2.05, 4.69) is 31.1 Å². The molecule has 0 radical (unpaired) electrons. The third kappa shape index (κ3) is 2.46. The molecular weight excluding hydrogens is 220 g/mol. The highest BCUT2D eigenvalue weighted by Crippen LogP contribution is 2.36. The maximum atomic E-state index is 4.00. The fourth-order valence-electron chi connectivity index (χ4n) is 4.58. The Balaban J connectivity index is 1.52. The van der Waals surface area contributed by atoms with Gasteiger partial charge in [-0.15, -0.1) is 0 Å². The summed E-state index contributed by atoms with van der Waals surface area (Å²) < 4.78 is 0. The van der Waals surface area contributed by atoms with Crippen LogP contribution < -0.4 is 5.32 Å². The van der Waals surface area contributed by atoms with E-state index in [4.69, 9.17) is 0 Å². The first kappa shape index (κ1) is 12.9. The molecule has 2 aliphatic heterocycles. The van der Waals surface area contributed by atoms with Gasteiger partial charge in [-0.25, -0.2) is 0 Å². The van der Waals surface area contributed by atoms with Gasteiger partial charge in [-0.05, 0) is 63.8 Å². The summed E-state index contributed by atoms with van der Waals surface area (Å²) in [5.74, 6) is 1.86. The Morgan fingerprint density at radius 2 is 1.44 bits per heavy atom. The van der Waals surface area contributed by atoms with E-state index in [9.17, 15) is 0 Å². The van der Waals surface area contributed by atoms with E-state index in [1.807, 2.05) is 0 Å². The summed E-state index contributed by atoms with van der Waals surface area (Å²) in [7, 11) is 2.34. The van der Waals surface area contributed by atoms with Crippen molar-refractivity contribution in [2.75, 3.05) is 7.05 Å². The molecular formula is C16H30N2. The lowest BCUT2D eigenvalue weighted by Gasteiger charge is -2.40. The lowest BCUT2D eigenvalue weighted by Crippen LogP contribution is -2.51. The molecule has 1 N–H and O–H groups in total. The van der Waals surface area contributed by atoms with E-state index < -0.39 is 0 Å². The van der Waals surface area contributed by atoms with Crippen LogP contribution in [0.5, 0.6) is 0 Å². The van der Waals surface area contributed by atoms with E-state index in [0.29, 0.717) is 0 Å². The van der Waals surface area contributed by atoms with Gasteiger partial charge in [-0.1, -0.05) is 13.8 Å². The van der Waals surface area contributed by atoms with Crippen LogP contribution in [0.3, 0.4) is 0 Å². The average Bonchev–Trinajstić information content (AvgIpc) is 2.58. The highest BCUT2D eigenvalue weighted by Gasteiger charge is 2.39. The van der Waals surface area contributed by atoms with Crippen molar-refractivity contribution in [2.24, 2.45) is 11.8 Å². The van der Waals surface area contributed by atoms with Crippen LogP contribution in [0.25, 0.3) is 0 Å². The second kappa shape index (κ2) is 5.13. The number of piperidine rings is 1. The summed E-state index contributed by atoms with van der Waals surface area (Å²) in [4.78, 5) is 2.64. The lowest BCUT2D eigenvalue weighted by molar-refractivity contribution is 0.129. The second-order valence-electron chi connectivity index (χ2n) is 7.35. The Morgan fingerprint density at radius 3 is 2.06 bits per heavy atom. The minimum Gasteiger partial charge on any atom is -0.311 e. The van der Waals surface area contributed by atoms with Gasteiger partial charge < -0.3 is 10.2 Å². The first-order valence-electron chi connectivity index (χ1n) is 8.11. The van der Waals surface area contributed by atoms with E-state index >= 15 is 0 Å². The van der Waals surface area contributed by atoms with Gasteiger partial charge >= 0.3 is 0 Å². The zero-order valence-electron chi connectivity index (χ0n) is 12.4. The molecule has 5 unspecified atom stereocenters. The molecule has 0 amide bonds. The third-order valence-corrected chi connectivity index (χ3v) is 6.17. The van der Waals surface area contributed by atoms with Gasteiger partial charge in [0.2, 0.25) is 0 Å². The van der Waals surface area contributed by atoms with Gasteiger partial charge in [-0.2, -0.15) is 0 Å². The molecule has 0 aromatic heterocycles. The minimum absolute atomic E-state index is 0.809. The molecule has 2 bridgehead atoms. The van der Waals surface area contributed by atoms with Crippen molar-refractivity contribution in [1.29, 1.82) is 0 Å². The molecule has 0 aromatic carbocycles. The maximum absolute atomic E-state index is 4.00. The zero-order chi connectivity index (χ0) is 12.7. The smallest absolute Gasteiger partial charge is 0.0111 e. The molecule has 2 saturated heterocycles. The summed E-state index contributed by atoms with van der Waals surface area (Å²) in [5, 5.41) is 4.00. The third-order valence-electron chi connectivity index (χ3n) is 6.17. The van der Waals surface area contributed by atoms with Crippen molar-refractivity contribution in [1.82, 2.24) is 10.2 Å². The molecule has 3 fully saturated rings. The summed E-state index contributed by atoms with van der Waals surface area (Å²) in [6.07, 6.45) is 9.92. The van der Waals surface area contributed by atoms with Gasteiger partial charge in [0.05, 0.1) is 0 Å². The molecule has 2 heterocycles. The number of nitrogens with zero attached hydrogens (tertiary/aromatic N) is 1. The second-order valence-corrected chi connectivity index (χ2v) is 7.35. The van der Waals surface area contributed by atoms with Gasteiger partial charge in [0.15, 0.2) is 0 Å². The molecule has 0 aromatic rings. The largest absolute Gasteiger partial charge is 0.311 e. The van der Waals surface area contributed by atoms with Crippen LogP contribution in [-0.4, -0.2) is 36.1 Å². The predicted octanol–water partition coefficient (Wildman–Crippen LogP) is 3.03. The summed E-state index contributed by atoms with van der Waals surface area (Å²) >= 11 is 0. The molecule has 5 atom stereocenters. The molecule has 3 aliphatic rings. The normalized spacial score (nSPS) is 49.5. The van der Waals surface area contributed by atoms with Crippen molar-refractivity contribution >= 4 is 0 Å². The number of hydrogen-bond donors (Lipinski definition) is 1. The number of fused-ring (bicyclic) bond motifs is 2. The Morgan fingerprint density at radius 1 is 0.778 bits per heavy atom. The van der Waals surface area contributed by atoms with Crippen molar-refractivity contribution in [2.45, 2.75) is 83.0 Å². The van der Waals surface area contributed by atoms with Crippen molar-refractivity contribution < 1.29 is 0 Å². The van der Waals surface area contributed by atoms with Crippen LogP contribution in [0.15, 0.2) is 0 Å². The molecule has 1 saturated carbocycles. The van der Waals surface area contributed by atoms with Crippen molar-refractivity contribution in [3.8, 4) is 0 Å². The van der Waals surface area contributed by atoms with E-state index in [-0.39, 0.29) is 0 Å². The monoisotopic (exact) mass is 250 g/mol. The summed E-state index contributed by atoms with van der Waals surface area (Å²) in [6.45, 7) is 4.87. The van der Waals surface area contributed by atoms with Crippen LogP contribution in [0, 0.1) is 11.8 Å². The molecule has 3 rings (SSSR count). The highest BCUT2D eigenvalue weighted by molar-refractivity contribution is 4.97. The number of hydrogen-bond acceptors (Lipinski definition) is 2. The fraction of sp³-hybridized carbons (Fsp3) is 1.00. The molecule has 104 valence electrons. The van der Waals surface area contributed by atoms with Crippen molar-refractivity contribution in [3.63, 3.8) is 0 Å². The van der Waals surface area contributed by atoms with E-state index in [1.165, 1.54) is 44.9 Å². The summed E-state index contributed by atoms with van der Waals surface area (Å²) in [6, 6.07) is 3.37. The van der Waals surface area contributed by atoms with Crippen LogP contribution in [0.2, 0.25) is 0 Å². The van der Waals surface area contributed by atoms with Crippen LogP contribution in [-0.2, 0) is 0 Å². The first-order chi connectivity index (χ1) is 8.63. The molecule has 1 aliphatic carbocycles. The van der Waals surface area contributed by atoms with Crippen LogP contribution in [0.1, 0.15) is 58.8 Å². The maximum Gasteiger partial charge on any atom is 0.0111 e. The Bertz CT molecular complexity index is 277. The Hall–Kier alpha value is -0.0800. The van der Waals surface area contributed by atoms with E-state index in [0.717, 1.165) is 36.0 Å². The summed E-state index contributed by atoms with van der Waals surface area (Å²) in [5.41, 5.74) is 0. The fourth-order valence-corrected chi connectivity index (χ4v) is 4.58. The average molecular weight is 250 g/mol. The molecule has 2 nitrogen and oxygen atoms in total. The highest BCUT2D eigenvalue weighted by atomic mass is 15.2. The number of nitrogens with one attached hydrogen (secondary N) is 1. The van der Waals surface area contributed by atoms with Gasteiger partial charge in [0.1, 0.15) is 0 Å². The molecule has 2 heteroatoms. The van der Waals surface area contributed by atoms with Crippen molar-refractivity contribution in [3.05, 3.63) is 0 Å². The van der Waals surface area contributed by atoms with Crippen LogP contribution >= 0.6 is 0 Å². The molecule has 0 spiro atoms. The molecule has 18 heavy (non-hydrogen) atoms. The zero-order valence-corrected chi connectivity index (χ0v) is 12.4. The predicted molar refractivity (Wildman–Crippen MR) is 76.7 cm³/mol. The van der Waals surface area contributed by atoms with Gasteiger partial charge in [0, 0.05) is 24.2 Å². The van der Waals surface area contributed by atoms with Crippen LogP contribution in [0.4, 0.5) is 0 Å². The van der Waals surface area contributed by atoms with E-state index in [1.54, 1.807) is 0 Å². The standard InChI is InChI=1S/C16H30N2/c1-11-4-5-13(8-12(11)2)17-14-9-15-6-7-16(10-14)18(15)3/h11-17H,4-10H2,1-3H3. The first-order valence-corrected chi connectivity index (χ1v) is 8.11. The quantitative estimate of drug-likeness (QED) is 0.810. The van der Waals surface area contributed by atoms with Gasteiger partial charge in [0.25, 0.3) is 0 Å². The lowest BCUT2D eigenvalue weighted by atomic mass is 9.78. The minimum atomic E-state index is 0.809. The Labute approximate surface area is 113 Å². The van der Waals surface area contributed by atoms with Gasteiger partial charge in [-0.3, -0.25) is 0 Å². The topological polar surface area (TPSA) is 15.3 Å². The SMILES string of the molecule is CC1CCC(NC2CC3CCC(C2)N3C)CC1C.